The molecule has 0 fully saturated rings. The van der Waals surface area contributed by atoms with E-state index in [9.17, 15) is 0 Å². The van der Waals surface area contributed by atoms with E-state index < -0.39 is 0 Å². The summed E-state index contributed by atoms with van der Waals surface area (Å²) in [6, 6.07) is 8.59. The number of hydrogen-bond donors (Lipinski definition) is 1. The Hall–Kier alpha value is -0.530. The van der Waals surface area contributed by atoms with E-state index in [2.05, 4.69) is 25.2 Å². The van der Waals surface area contributed by atoms with E-state index in [1.807, 2.05) is 18.2 Å². The van der Waals surface area contributed by atoms with Crippen molar-refractivity contribution in [2.75, 3.05) is 0 Å². The summed E-state index contributed by atoms with van der Waals surface area (Å²) in [5.41, 5.74) is 1.18. The molecule has 0 radical (unpaired) electrons. The molecule has 1 N–H and O–H groups in total. The molecule has 0 unspecified atom stereocenters. The Morgan fingerprint density at radius 1 is 1.21 bits per heavy atom. The second kappa shape index (κ2) is 6.05. The van der Waals surface area contributed by atoms with Gasteiger partial charge in [0.1, 0.15) is 0 Å². The van der Waals surface area contributed by atoms with Gasteiger partial charge in [-0.05, 0) is 24.5 Å². The maximum absolute atomic E-state index is 6.05. The quantitative estimate of drug-likeness (QED) is 0.785. The summed E-state index contributed by atoms with van der Waals surface area (Å²) in [5, 5.41) is 4.34. The first-order chi connectivity index (χ1) is 6.77. The van der Waals surface area contributed by atoms with Gasteiger partial charge in [0.2, 0.25) is 0 Å². The molecule has 0 aliphatic rings. The van der Waals surface area contributed by atoms with Gasteiger partial charge in [0.05, 0.1) is 0 Å². The maximum Gasteiger partial charge on any atom is 0.0450 e. The Balaban J connectivity index is 2.49. The third-order valence-electron chi connectivity index (χ3n) is 2.52. The molecule has 1 nitrogen and oxygen atoms in total. The molecule has 0 aliphatic carbocycles. The van der Waals surface area contributed by atoms with Crippen LogP contribution in [0.5, 0.6) is 0 Å². The summed E-state index contributed by atoms with van der Waals surface area (Å²) >= 11 is 6.05. The van der Waals surface area contributed by atoms with E-state index in [0.29, 0.717) is 6.04 Å². The fourth-order valence-electron chi connectivity index (χ4n) is 1.47. The monoisotopic (exact) mass is 211 g/mol. The second-order valence-electron chi connectivity index (χ2n) is 3.49. The van der Waals surface area contributed by atoms with Gasteiger partial charge in [-0.3, -0.25) is 0 Å². The zero-order chi connectivity index (χ0) is 10.4. The van der Waals surface area contributed by atoms with Gasteiger partial charge >= 0.3 is 0 Å². The Kier molecular flexibility index (Phi) is 4.99. The van der Waals surface area contributed by atoms with Crippen molar-refractivity contribution in [1.29, 1.82) is 0 Å². The van der Waals surface area contributed by atoms with Gasteiger partial charge in [0.15, 0.2) is 0 Å². The van der Waals surface area contributed by atoms with Gasteiger partial charge in [-0.25, -0.2) is 0 Å². The van der Waals surface area contributed by atoms with Crippen LogP contribution in [-0.4, -0.2) is 6.04 Å². The van der Waals surface area contributed by atoms with Crippen molar-refractivity contribution < 1.29 is 0 Å². The number of hydrogen-bond acceptors (Lipinski definition) is 1. The maximum atomic E-state index is 6.05. The van der Waals surface area contributed by atoms with Gasteiger partial charge in [-0.2, -0.15) is 0 Å². The van der Waals surface area contributed by atoms with Crippen molar-refractivity contribution in [3.05, 3.63) is 34.9 Å². The summed E-state index contributed by atoms with van der Waals surface area (Å²) in [6.45, 7) is 5.27. The standard InChI is InChI=1S/C12H18ClN/c1-3-11(4-2)14-9-10-7-5-6-8-12(10)13/h5-8,11,14H,3-4,9H2,1-2H3. The van der Waals surface area contributed by atoms with Crippen LogP contribution in [0.15, 0.2) is 24.3 Å². The van der Waals surface area contributed by atoms with Gasteiger partial charge < -0.3 is 5.32 Å². The lowest BCUT2D eigenvalue weighted by Gasteiger charge is -2.15. The highest BCUT2D eigenvalue weighted by Crippen LogP contribution is 2.14. The average molecular weight is 212 g/mol. The highest BCUT2D eigenvalue weighted by Gasteiger charge is 2.03. The van der Waals surface area contributed by atoms with Crippen LogP contribution in [0.4, 0.5) is 0 Å². The summed E-state index contributed by atoms with van der Waals surface area (Å²) in [7, 11) is 0. The van der Waals surface area contributed by atoms with Crippen LogP contribution in [0.2, 0.25) is 5.02 Å². The minimum absolute atomic E-state index is 0.603. The molecular formula is C12H18ClN. The van der Waals surface area contributed by atoms with Crippen LogP contribution in [0.25, 0.3) is 0 Å². The molecule has 0 bridgehead atoms. The first kappa shape index (κ1) is 11.5. The molecule has 1 aromatic rings. The third-order valence-corrected chi connectivity index (χ3v) is 2.89. The van der Waals surface area contributed by atoms with Crippen LogP contribution in [0.3, 0.4) is 0 Å². The molecular weight excluding hydrogens is 194 g/mol. The van der Waals surface area contributed by atoms with E-state index in [1.165, 1.54) is 18.4 Å². The average Bonchev–Trinajstić information content (AvgIpc) is 2.22. The second-order valence-corrected chi connectivity index (χ2v) is 3.89. The van der Waals surface area contributed by atoms with E-state index in [4.69, 9.17) is 11.6 Å². The van der Waals surface area contributed by atoms with Gasteiger partial charge in [0, 0.05) is 17.6 Å². The molecule has 0 atom stereocenters. The molecule has 0 saturated heterocycles. The van der Waals surface area contributed by atoms with Crippen molar-refractivity contribution in [2.24, 2.45) is 0 Å². The first-order valence-electron chi connectivity index (χ1n) is 5.24. The topological polar surface area (TPSA) is 12.0 Å². The fraction of sp³-hybridized carbons (Fsp3) is 0.500. The van der Waals surface area contributed by atoms with Crippen molar-refractivity contribution in [2.45, 2.75) is 39.3 Å². The minimum Gasteiger partial charge on any atom is -0.310 e. The van der Waals surface area contributed by atoms with Crippen LogP contribution in [-0.2, 0) is 6.54 Å². The highest BCUT2D eigenvalue weighted by molar-refractivity contribution is 6.31. The Labute approximate surface area is 91.5 Å². The summed E-state index contributed by atoms with van der Waals surface area (Å²) in [6.07, 6.45) is 2.34. The first-order valence-corrected chi connectivity index (χ1v) is 5.62. The number of nitrogens with one attached hydrogen (secondary N) is 1. The molecule has 0 aromatic heterocycles. The lowest BCUT2D eigenvalue weighted by Crippen LogP contribution is -2.27. The molecule has 1 rings (SSSR count). The predicted octanol–water partition coefficient (Wildman–Crippen LogP) is 3.62. The Bertz CT molecular complexity index is 269. The van der Waals surface area contributed by atoms with Gasteiger partial charge in [-0.15, -0.1) is 0 Å². The smallest absolute Gasteiger partial charge is 0.0450 e. The molecule has 0 amide bonds. The van der Waals surface area contributed by atoms with Crippen LogP contribution in [0.1, 0.15) is 32.3 Å². The molecule has 78 valence electrons. The number of benzene rings is 1. The van der Waals surface area contributed by atoms with Crippen molar-refractivity contribution >= 4 is 11.6 Å². The zero-order valence-corrected chi connectivity index (χ0v) is 9.64. The van der Waals surface area contributed by atoms with Crippen LogP contribution >= 0.6 is 11.6 Å². The lowest BCUT2D eigenvalue weighted by molar-refractivity contribution is 0.484. The number of rotatable bonds is 5. The summed E-state index contributed by atoms with van der Waals surface area (Å²) in [5.74, 6) is 0. The SMILES string of the molecule is CCC(CC)NCc1ccccc1Cl. The Morgan fingerprint density at radius 2 is 1.86 bits per heavy atom. The van der Waals surface area contributed by atoms with Crippen molar-refractivity contribution in [3.63, 3.8) is 0 Å². The van der Waals surface area contributed by atoms with E-state index in [-0.39, 0.29) is 0 Å². The molecule has 0 spiro atoms. The molecule has 0 saturated carbocycles. The zero-order valence-electron chi connectivity index (χ0n) is 8.89. The van der Waals surface area contributed by atoms with E-state index in [1.54, 1.807) is 0 Å². The van der Waals surface area contributed by atoms with Crippen LogP contribution < -0.4 is 5.32 Å². The number of halogens is 1. The minimum atomic E-state index is 0.603. The summed E-state index contributed by atoms with van der Waals surface area (Å²) in [4.78, 5) is 0. The molecule has 2 heteroatoms. The van der Waals surface area contributed by atoms with Crippen LogP contribution in [0, 0.1) is 0 Å². The van der Waals surface area contributed by atoms with Crippen molar-refractivity contribution in [1.82, 2.24) is 5.32 Å². The van der Waals surface area contributed by atoms with Crippen molar-refractivity contribution in [3.8, 4) is 0 Å². The normalized spacial score (nSPS) is 10.9. The summed E-state index contributed by atoms with van der Waals surface area (Å²) < 4.78 is 0. The molecule has 14 heavy (non-hydrogen) atoms. The van der Waals surface area contributed by atoms with E-state index >= 15 is 0 Å². The van der Waals surface area contributed by atoms with Gasteiger partial charge in [-0.1, -0.05) is 43.6 Å². The van der Waals surface area contributed by atoms with E-state index in [0.717, 1.165) is 11.6 Å². The molecule has 1 aromatic carbocycles. The molecule has 0 aliphatic heterocycles. The lowest BCUT2D eigenvalue weighted by atomic mass is 10.1. The fourth-order valence-corrected chi connectivity index (χ4v) is 1.68. The highest BCUT2D eigenvalue weighted by atomic mass is 35.5. The predicted molar refractivity (Wildman–Crippen MR) is 62.7 cm³/mol. The Morgan fingerprint density at radius 3 is 2.43 bits per heavy atom. The largest absolute Gasteiger partial charge is 0.310 e. The van der Waals surface area contributed by atoms with Gasteiger partial charge in [0.25, 0.3) is 0 Å². The third kappa shape index (κ3) is 3.32. The molecule has 0 heterocycles.